The van der Waals surface area contributed by atoms with Crippen LogP contribution in [0.15, 0.2) is 42.5 Å². The Balaban J connectivity index is 1.56. The van der Waals surface area contributed by atoms with Crippen LogP contribution in [-0.4, -0.2) is 25.0 Å². The molecule has 1 amide bonds. The molecule has 28 heavy (non-hydrogen) atoms. The Morgan fingerprint density at radius 3 is 2.61 bits per heavy atom. The van der Waals surface area contributed by atoms with Crippen LogP contribution in [0.1, 0.15) is 52.2 Å². The zero-order valence-electron chi connectivity index (χ0n) is 16.4. The number of ether oxygens (including phenoxy) is 1. The van der Waals surface area contributed by atoms with Crippen LogP contribution in [0.2, 0.25) is 0 Å². The van der Waals surface area contributed by atoms with Gasteiger partial charge in [-0.2, -0.15) is 0 Å². The number of aryl methyl sites for hydroxylation is 1. The SMILES string of the molecule is COC(=O)c1ccc2c(c1)C1CCCC3C1C(C2)C(=O)N3c1ccc(C)cc1. The summed E-state index contributed by atoms with van der Waals surface area (Å²) in [5.41, 5.74) is 5.32. The first-order valence-corrected chi connectivity index (χ1v) is 10.2. The third kappa shape index (κ3) is 2.50. The summed E-state index contributed by atoms with van der Waals surface area (Å²) < 4.78 is 4.92. The summed E-state index contributed by atoms with van der Waals surface area (Å²) in [5, 5.41) is 0. The zero-order chi connectivity index (χ0) is 19.4. The van der Waals surface area contributed by atoms with Crippen LogP contribution in [0.5, 0.6) is 0 Å². The first-order chi connectivity index (χ1) is 13.6. The van der Waals surface area contributed by atoms with E-state index in [0.717, 1.165) is 31.4 Å². The highest BCUT2D eigenvalue weighted by atomic mass is 16.5. The lowest BCUT2D eigenvalue weighted by Crippen LogP contribution is -2.40. The van der Waals surface area contributed by atoms with Crippen molar-refractivity contribution in [1.29, 1.82) is 0 Å². The highest BCUT2D eigenvalue weighted by Crippen LogP contribution is 2.54. The normalized spacial score (nSPS) is 27.9. The Morgan fingerprint density at radius 2 is 1.86 bits per heavy atom. The summed E-state index contributed by atoms with van der Waals surface area (Å²) in [4.78, 5) is 27.6. The first kappa shape index (κ1) is 17.5. The van der Waals surface area contributed by atoms with Crippen molar-refractivity contribution in [3.05, 3.63) is 64.7 Å². The molecule has 1 heterocycles. The zero-order valence-corrected chi connectivity index (χ0v) is 16.4. The number of methoxy groups -OCH3 is 1. The Morgan fingerprint density at radius 1 is 1.07 bits per heavy atom. The van der Waals surface area contributed by atoms with Crippen molar-refractivity contribution in [1.82, 2.24) is 0 Å². The van der Waals surface area contributed by atoms with Gasteiger partial charge in [-0.05, 0) is 73.4 Å². The van der Waals surface area contributed by atoms with Gasteiger partial charge in [0.1, 0.15) is 0 Å². The number of esters is 1. The van der Waals surface area contributed by atoms with Gasteiger partial charge in [0.15, 0.2) is 0 Å². The van der Waals surface area contributed by atoms with Crippen molar-refractivity contribution >= 4 is 17.6 Å². The quantitative estimate of drug-likeness (QED) is 0.737. The Labute approximate surface area is 165 Å². The molecular formula is C24H25NO3. The molecule has 0 bridgehead atoms. The third-order valence-electron chi connectivity index (χ3n) is 6.99. The number of fused-ring (bicyclic) bond motifs is 2. The molecule has 4 atom stereocenters. The largest absolute Gasteiger partial charge is 0.465 e. The summed E-state index contributed by atoms with van der Waals surface area (Å²) >= 11 is 0. The molecule has 5 rings (SSSR count). The number of amides is 1. The third-order valence-corrected chi connectivity index (χ3v) is 6.99. The predicted molar refractivity (Wildman–Crippen MR) is 108 cm³/mol. The number of carbonyl (C=O) groups is 2. The highest BCUT2D eigenvalue weighted by molar-refractivity contribution is 5.99. The van der Waals surface area contributed by atoms with Gasteiger partial charge in [-0.1, -0.05) is 30.2 Å². The molecular weight excluding hydrogens is 350 g/mol. The molecule has 144 valence electrons. The molecule has 0 radical (unpaired) electrons. The minimum atomic E-state index is -0.291. The number of nitrogens with zero attached hydrogens (tertiary/aromatic N) is 1. The van der Waals surface area contributed by atoms with Crippen LogP contribution in [0.3, 0.4) is 0 Å². The molecule has 2 aliphatic carbocycles. The standard InChI is InChI=1S/C24H25NO3/c1-14-6-10-17(11-7-14)25-21-5-3-4-18-19-13-16(24(27)28-2)9-8-15(19)12-20(22(18)21)23(25)26/h6-11,13,18,20-22H,3-5,12H2,1-2H3. The molecule has 1 saturated carbocycles. The van der Waals surface area contributed by atoms with Gasteiger partial charge in [-0.15, -0.1) is 0 Å². The Bertz CT molecular complexity index is 949. The number of hydrogen-bond donors (Lipinski definition) is 0. The fraction of sp³-hybridized carbons (Fsp3) is 0.417. The van der Waals surface area contributed by atoms with Crippen molar-refractivity contribution in [3.8, 4) is 0 Å². The average Bonchev–Trinajstić information content (AvgIpc) is 3.01. The van der Waals surface area contributed by atoms with E-state index in [1.807, 2.05) is 18.2 Å². The molecule has 0 N–H and O–H groups in total. The van der Waals surface area contributed by atoms with E-state index >= 15 is 0 Å². The van der Waals surface area contributed by atoms with Crippen LogP contribution in [0, 0.1) is 18.8 Å². The molecule has 0 aromatic heterocycles. The van der Waals surface area contributed by atoms with E-state index in [-0.39, 0.29) is 23.8 Å². The van der Waals surface area contributed by atoms with E-state index in [1.165, 1.54) is 23.8 Å². The van der Waals surface area contributed by atoms with Crippen LogP contribution < -0.4 is 4.90 Å². The number of anilines is 1. The van der Waals surface area contributed by atoms with Crippen LogP contribution in [0.4, 0.5) is 5.69 Å². The fourth-order valence-electron chi connectivity index (χ4n) is 5.77. The predicted octanol–water partition coefficient (Wildman–Crippen LogP) is 4.25. The minimum absolute atomic E-state index is 0.0491. The second-order valence-corrected chi connectivity index (χ2v) is 8.44. The van der Waals surface area contributed by atoms with E-state index in [0.29, 0.717) is 17.4 Å². The second kappa shape index (κ2) is 6.47. The summed E-state index contributed by atoms with van der Waals surface area (Å²) in [7, 11) is 1.42. The van der Waals surface area contributed by atoms with Gasteiger partial charge < -0.3 is 9.64 Å². The van der Waals surface area contributed by atoms with Crippen molar-refractivity contribution in [2.75, 3.05) is 12.0 Å². The van der Waals surface area contributed by atoms with Crippen molar-refractivity contribution in [2.45, 2.75) is 44.6 Å². The maximum absolute atomic E-state index is 13.5. The molecule has 2 aromatic carbocycles. The van der Waals surface area contributed by atoms with Crippen molar-refractivity contribution in [3.63, 3.8) is 0 Å². The van der Waals surface area contributed by atoms with E-state index in [1.54, 1.807) is 0 Å². The van der Waals surface area contributed by atoms with Crippen LogP contribution in [-0.2, 0) is 16.0 Å². The lowest BCUT2D eigenvalue weighted by atomic mass is 9.63. The molecule has 1 aliphatic heterocycles. The van der Waals surface area contributed by atoms with Gasteiger partial charge in [0.25, 0.3) is 0 Å². The summed E-state index contributed by atoms with van der Waals surface area (Å²) in [6, 6.07) is 14.5. The number of benzene rings is 2. The average molecular weight is 375 g/mol. The van der Waals surface area contributed by atoms with Crippen molar-refractivity contribution in [2.24, 2.45) is 11.8 Å². The smallest absolute Gasteiger partial charge is 0.337 e. The molecule has 1 saturated heterocycles. The van der Waals surface area contributed by atoms with Gasteiger partial charge in [0.05, 0.1) is 12.7 Å². The van der Waals surface area contributed by atoms with E-state index in [9.17, 15) is 9.59 Å². The molecule has 4 nitrogen and oxygen atoms in total. The molecule has 0 spiro atoms. The van der Waals surface area contributed by atoms with Crippen molar-refractivity contribution < 1.29 is 14.3 Å². The van der Waals surface area contributed by atoms with E-state index in [2.05, 4.69) is 36.1 Å². The lowest BCUT2D eigenvalue weighted by Gasteiger charge is -2.41. The number of carbonyl (C=O) groups excluding carboxylic acids is 2. The van der Waals surface area contributed by atoms with E-state index in [4.69, 9.17) is 4.74 Å². The van der Waals surface area contributed by atoms with Gasteiger partial charge >= 0.3 is 5.97 Å². The molecule has 4 unspecified atom stereocenters. The Hall–Kier alpha value is -2.62. The summed E-state index contributed by atoms with van der Waals surface area (Å²) in [5.74, 6) is 0.710. The molecule has 3 aliphatic rings. The van der Waals surface area contributed by atoms with Gasteiger partial charge in [-0.3, -0.25) is 4.79 Å². The lowest BCUT2D eigenvalue weighted by molar-refractivity contribution is -0.121. The second-order valence-electron chi connectivity index (χ2n) is 8.44. The van der Waals surface area contributed by atoms with Crippen LogP contribution in [0.25, 0.3) is 0 Å². The van der Waals surface area contributed by atoms with Gasteiger partial charge in [0, 0.05) is 17.6 Å². The first-order valence-electron chi connectivity index (χ1n) is 10.2. The fourth-order valence-corrected chi connectivity index (χ4v) is 5.77. The van der Waals surface area contributed by atoms with Gasteiger partial charge in [-0.25, -0.2) is 4.79 Å². The molecule has 2 fully saturated rings. The monoisotopic (exact) mass is 375 g/mol. The Kier molecular flexibility index (Phi) is 4.04. The summed E-state index contributed by atoms with van der Waals surface area (Å²) in [6.45, 7) is 2.07. The van der Waals surface area contributed by atoms with Crippen LogP contribution >= 0.6 is 0 Å². The maximum Gasteiger partial charge on any atom is 0.337 e. The highest BCUT2D eigenvalue weighted by Gasteiger charge is 2.55. The molecule has 2 aromatic rings. The minimum Gasteiger partial charge on any atom is -0.465 e. The molecule has 4 heteroatoms. The maximum atomic E-state index is 13.5. The van der Waals surface area contributed by atoms with E-state index < -0.39 is 0 Å². The van der Waals surface area contributed by atoms with Gasteiger partial charge in [0.2, 0.25) is 5.91 Å². The topological polar surface area (TPSA) is 46.6 Å². The summed E-state index contributed by atoms with van der Waals surface area (Å²) in [6.07, 6.45) is 4.03. The number of hydrogen-bond acceptors (Lipinski definition) is 3. The number of rotatable bonds is 2.